The zero-order chi connectivity index (χ0) is 15.2. The van der Waals surface area contributed by atoms with Gasteiger partial charge in [0.05, 0.1) is 19.1 Å². The van der Waals surface area contributed by atoms with E-state index in [9.17, 15) is 14.4 Å². The van der Waals surface area contributed by atoms with Crippen LogP contribution in [-0.2, 0) is 19.1 Å². The molecule has 0 aromatic rings. The molecule has 0 aromatic carbocycles. The van der Waals surface area contributed by atoms with Crippen LogP contribution in [0.15, 0.2) is 0 Å². The standard InChI is InChI=1S/C14H23N3O4.ClH/c1-2-21-13(19)8-16-12(18)7-11-14(20)17(6-5-15-11)9-10-3-4-10;/h10-11,15H,2-9H2,1H3,(H,16,18);1H. The SMILES string of the molecule is CCOC(=O)CNC(=O)CC1NCCN(CC2CC2)C1=O.Cl. The Morgan fingerprint density at radius 3 is 2.77 bits per heavy atom. The smallest absolute Gasteiger partial charge is 0.325 e. The number of rotatable bonds is 7. The van der Waals surface area contributed by atoms with Gasteiger partial charge in [0, 0.05) is 19.6 Å². The van der Waals surface area contributed by atoms with Gasteiger partial charge in [0.2, 0.25) is 11.8 Å². The van der Waals surface area contributed by atoms with E-state index in [1.54, 1.807) is 6.92 Å². The number of hydrogen-bond acceptors (Lipinski definition) is 5. The highest BCUT2D eigenvalue weighted by atomic mass is 35.5. The average Bonchev–Trinajstić information content (AvgIpc) is 3.25. The van der Waals surface area contributed by atoms with Crippen LogP contribution in [0.4, 0.5) is 0 Å². The lowest BCUT2D eigenvalue weighted by atomic mass is 10.1. The molecule has 0 bridgehead atoms. The van der Waals surface area contributed by atoms with Crippen molar-refractivity contribution >= 4 is 30.2 Å². The van der Waals surface area contributed by atoms with Crippen molar-refractivity contribution < 1.29 is 19.1 Å². The molecule has 1 saturated heterocycles. The summed E-state index contributed by atoms with van der Waals surface area (Å²) in [6.07, 6.45) is 2.45. The fourth-order valence-corrected chi connectivity index (χ4v) is 2.38. The summed E-state index contributed by atoms with van der Waals surface area (Å²) < 4.78 is 4.73. The van der Waals surface area contributed by atoms with Gasteiger partial charge in [-0.3, -0.25) is 14.4 Å². The van der Waals surface area contributed by atoms with Gasteiger partial charge in [-0.1, -0.05) is 0 Å². The summed E-state index contributed by atoms with van der Waals surface area (Å²) in [6.45, 7) is 4.05. The number of amides is 2. The Kier molecular flexibility index (Phi) is 7.61. The first-order valence-corrected chi connectivity index (χ1v) is 7.54. The highest BCUT2D eigenvalue weighted by Crippen LogP contribution is 2.30. The molecule has 1 atom stereocenters. The molecule has 22 heavy (non-hydrogen) atoms. The Bertz CT molecular complexity index is 415. The Balaban J connectivity index is 0.00000242. The van der Waals surface area contributed by atoms with Gasteiger partial charge in [0.15, 0.2) is 0 Å². The molecule has 2 amide bonds. The van der Waals surface area contributed by atoms with Crippen molar-refractivity contribution in [2.45, 2.75) is 32.2 Å². The predicted octanol–water partition coefficient (Wildman–Crippen LogP) is -0.312. The molecule has 7 nitrogen and oxygen atoms in total. The largest absolute Gasteiger partial charge is 0.465 e. The van der Waals surface area contributed by atoms with Gasteiger partial charge >= 0.3 is 5.97 Å². The number of nitrogens with one attached hydrogen (secondary N) is 2. The number of ether oxygens (including phenoxy) is 1. The van der Waals surface area contributed by atoms with Crippen LogP contribution in [0.25, 0.3) is 0 Å². The van der Waals surface area contributed by atoms with Crippen LogP contribution in [0.3, 0.4) is 0 Å². The van der Waals surface area contributed by atoms with Gasteiger partial charge in [0.25, 0.3) is 0 Å². The summed E-state index contributed by atoms with van der Waals surface area (Å²) in [4.78, 5) is 37.0. The fourth-order valence-electron chi connectivity index (χ4n) is 2.38. The van der Waals surface area contributed by atoms with Gasteiger partial charge in [-0.15, -0.1) is 12.4 Å². The van der Waals surface area contributed by atoms with Crippen molar-refractivity contribution in [1.29, 1.82) is 0 Å². The van der Waals surface area contributed by atoms with E-state index in [2.05, 4.69) is 10.6 Å². The van der Waals surface area contributed by atoms with Crippen LogP contribution in [0.1, 0.15) is 26.2 Å². The summed E-state index contributed by atoms with van der Waals surface area (Å²) in [5.41, 5.74) is 0. The maximum absolute atomic E-state index is 12.3. The highest BCUT2D eigenvalue weighted by molar-refractivity contribution is 5.90. The maximum atomic E-state index is 12.3. The molecule has 2 aliphatic rings. The van der Waals surface area contributed by atoms with Crippen molar-refractivity contribution in [1.82, 2.24) is 15.5 Å². The van der Waals surface area contributed by atoms with E-state index in [-0.39, 0.29) is 43.8 Å². The monoisotopic (exact) mass is 333 g/mol. The molecule has 2 fully saturated rings. The fraction of sp³-hybridized carbons (Fsp3) is 0.786. The average molecular weight is 334 g/mol. The second kappa shape index (κ2) is 8.95. The first-order chi connectivity index (χ1) is 10.1. The van der Waals surface area contributed by atoms with Gasteiger partial charge < -0.3 is 20.3 Å². The van der Waals surface area contributed by atoms with Crippen LogP contribution >= 0.6 is 12.4 Å². The lowest BCUT2D eigenvalue weighted by Gasteiger charge is -2.33. The lowest BCUT2D eigenvalue weighted by molar-refractivity contribution is -0.143. The number of piperazine rings is 1. The minimum atomic E-state index is -0.486. The quantitative estimate of drug-likeness (QED) is 0.624. The zero-order valence-corrected chi connectivity index (χ0v) is 13.6. The normalized spacial score (nSPS) is 21.0. The van der Waals surface area contributed by atoms with Crippen molar-refractivity contribution in [3.63, 3.8) is 0 Å². The zero-order valence-electron chi connectivity index (χ0n) is 12.8. The first kappa shape index (κ1) is 18.7. The molecule has 1 aliphatic heterocycles. The van der Waals surface area contributed by atoms with Crippen molar-refractivity contribution in [3.8, 4) is 0 Å². The molecule has 0 radical (unpaired) electrons. The molecule has 0 aromatic heterocycles. The molecule has 1 heterocycles. The second-order valence-corrected chi connectivity index (χ2v) is 5.52. The van der Waals surface area contributed by atoms with Crippen LogP contribution in [0.5, 0.6) is 0 Å². The van der Waals surface area contributed by atoms with Crippen LogP contribution in [-0.4, -0.2) is 61.5 Å². The van der Waals surface area contributed by atoms with Crippen molar-refractivity contribution in [2.24, 2.45) is 5.92 Å². The van der Waals surface area contributed by atoms with E-state index in [1.165, 1.54) is 12.8 Å². The molecule has 1 saturated carbocycles. The van der Waals surface area contributed by atoms with Crippen molar-refractivity contribution in [2.75, 3.05) is 32.8 Å². The maximum Gasteiger partial charge on any atom is 0.325 e. The Labute approximate surface area is 136 Å². The molecule has 2 N–H and O–H groups in total. The number of hydrogen-bond donors (Lipinski definition) is 2. The number of esters is 1. The summed E-state index contributed by atoms with van der Waals surface area (Å²) in [7, 11) is 0. The van der Waals surface area contributed by atoms with E-state index in [0.717, 1.165) is 6.54 Å². The molecular formula is C14H24ClN3O4. The summed E-state index contributed by atoms with van der Waals surface area (Å²) >= 11 is 0. The minimum Gasteiger partial charge on any atom is -0.465 e. The number of nitrogens with zero attached hydrogens (tertiary/aromatic N) is 1. The molecule has 2 rings (SSSR count). The third-order valence-electron chi connectivity index (χ3n) is 3.68. The van der Waals surface area contributed by atoms with Gasteiger partial charge in [0.1, 0.15) is 6.54 Å². The minimum absolute atomic E-state index is 0. The summed E-state index contributed by atoms with van der Waals surface area (Å²) in [5.74, 6) is -0.156. The first-order valence-electron chi connectivity index (χ1n) is 7.54. The van der Waals surface area contributed by atoms with Gasteiger partial charge in [-0.05, 0) is 25.7 Å². The number of carbonyl (C=O) groups excluding carboxylic acids is 3. The molecule has 126 valence electrons. The molecule has 8 heteroatoms. The van der Waals surface area contributed by atoms with Crippen LogP contribution in [0, 0.1) is 5.92 Å². The van der Waals surface area contributed by atoms with Crippen LogP contribution < -0.4 is 10.6 Å². The summed E-state index contributed by atoms with van der Waals surface area (Å²) in [5, 5.41) is 5.55. The predicted molar refractivity (Wildman–Crippen MR) is 82.6 cm³/mol. The van der Waals surface area contributed by atoms with Gasteiger partial charge in [-0.2, -0.15) is 0 Å². The molecule has 1 unspecified atom stereocenters. The van der Waals surface area contributed by atoms with E-state index in [4.69, 9.17) is 4.74 Å². The lowest BCUT2D eigenvalue weighted by Crippen LogP contribution is -2.56. The van der Waals surface area contributed by atoms with E-state index >= 15 is 0 Å². The second-order valence-electron chi connectivity index (χ2n) is 5.52. The van der Waals surface area contributed by atoms with E-state index in [1.807, 2.05) is 4.90 Å². The Morgan fingerprint density at radius 1 is 1.41 bits per heavy atom. The van der Waals surface area contributed by atoms with Crippen molar-refractivity contribution in [3.05, 3.63) is 0 Å². The van der Waals surface area contributed by atoms with Crippen LogP contribution in [0.2, 0.25) is 0 Å². The topological polar surface area (TPSA) is 87.7 Å². The molecular weight excluding hydrogens is 310 g/mol. The van der Waals surface area contributed by atoms with E-state index < -0.39 is 12.0 Å². The third kappa shape index (κ3) is 5.81. The highest BCUT2D eigenvalue weighted by Gasteiger charge is 2.33. The third-order valence-corrected chi connectivity index (χ3v) is 3.68. The Morgan fingerprint density at radius 2 is 2.14 bits per heavy atom. The van der Waals surface area contributed by atoms with Gasteiger partial charge in [-0.25, -0.2) is 0 Å². The van der Waals surface area contributed by atoms with E-state index in [0.29, 0.717) is 19.0 Å². The molecule has 0 spiro atoms. The Hall–Kier alpha value is -1.34. The number of carbonyl (C=O) groups is 3. The number of halogens is 1. The summed E-state index contributed by atoms with van der Waals surface area (Å²) in [6, 6.07) is -0.486. The molecule has 1 aliphatic carbocycles.